The van der Waals surface area contributed by atoms with Crippen molar-refractivity contribution in [2.24, 2.45) is 0 Å². The summed E-state index contributed by atoms with van der Waals surface area (Å²) in [6.07, 6.45) is 11.8. The van der Waals surface area contributed by atoms with Crippen LogP contribution in [0, 0.1) is 0 Å². The van der Waals surface area contributed by atoms with Crippen molar-refractivity contribution in [1.82, 2.24) is 34.6 Å². The molecule has 1 unspecified atom stereocenters. The molecule has 0 aliphatic rings. The third kappa shape index (κ3) is 9.44. The highest BCUT2D eigenvalue weighted by Crippen LogP contribution is 2.22. The Morgan fingerprint density at radius 1 is 0.838 bits per heavy atom. The molecule has 0 saturated heterocycles. The first-order chi connectivity index (χ1) is 18.0. The molecule has 0 spiro atoms. The van der Waals surface area contributed by atoms with Gasteiger partial charge in [-0.05, 0) is 63.4 Å². The van der Waals surface area contributed by atoms with Crippen LogP contribution in [0.15, 0.2) is 49.1 Å². The summed E-state index contributed by atoms with van der Waals surface area (Å²) in [5.74, 6) is 2.01. The van der Waals surface area contributed by atoms with Gasteiger partial charge in [-0.15, -0.1) is 0 Å². The molecule has 3 rings (SSSR count). The van der Waals surface area contributed by atoms with Gasteiger partial charge in [-0.3, -0.25) is 9.69 Å². The van der Waals surface area contributed by atoms with Crippen LogP contribution in [0.2, 0.25) is 0 Å². The first kappa shape index (κ1) is 28.6. The van der Waals surface area contributed by atoms with Gasteiger partial charge in [-0.25, -0.2) is 9.97 Å². The number of hydrogen-bond donors (Lipinski definition) is 2. The number of benzene rings is 1. The average Bonchev–Trinajstić information content (AvgIpc) is 3.61. The van der Waals surface area contributed by atoms with Crippen molar-refractivity contribution in [2.75, 3.05) is 26.2 Å². The maximum atomic E-state index is 12.3. The molecule has 0 aliphatic heterocycles. The second-order valence-electron chi connectivity index (χ2n) is 9.90. The Morgan fingerprint density at radius 3 is 2.03 bits per heavy atom. The number of nitrogens with zero attached hydrogens (tertiary/aromatic N) is 5. The van der Waals surface area contributed by atoms with Gasteiger partial charge in [0.2, 0.25) is 5.91 Å². The molecule has 3 aromatic rings. The van der Waals surface area contributed by atoms with Crippen LogP contribution in [0.5, 0.6) is 0 Å². The molecule has 2 N–H and O–H groups in total. The van der Waals surface area contributed by atoms with Crippen LogP contribution >= 0.6 is 0 Å². The molecule has 0 saturated carbocycles. The average molecular weight is 508 g/mol. The standard InChI is InChI=1S/C29H45N7O/c1-5-17-34(18-6-2)19-7-8-20-35(25(4)37)21-26-9-11-27(12-10-26)22-36(23-28-30-13-14-31-28)24(3)29-32-15-16-33-29/h9-16,24H,5-8,17-23H2,1-4H3,(H,30,31)(H,32,33). The largest absolute Gasteiger partial charge is 0.348 e. The fraction of sp³-hybridized carbons (Fsp3) is 0.552. The van der Waals surface area contributed by atoms with Crippen molar-refractivity contribution in [3.63, 3.8) is 0 Å². The fourth-order valence-corrected chi connectivity index (χ4v) is 4.74. The fourth-order valence-electron chi connectivity index (χ4n) is 4.74. The van der Waals surface area contributed by atoms with E-state index in [1.165, 1.54) is 18.4 Å². The van der Waals surface area contributed by atoms with Gasteiger partial charge >= 0.3 is 0 Å². The smallest absolute Gasteiger partial charge is 0.219 e. The van der Waals surface area contributed by atoms with Crippen LogP contribution < -0.4 is 0 Å². The van der Waals surface area contributed by atoms with E-state index in [0.29, 0.717) is 13.1 Å². The lowest BCUT2D eigenvalue weighted by atomic mass is 10.1. The first-order valence-corrected chi connectivity index (χ1v) is 13.8. The van der Waals surface area contributed by atoms with Crippen molar-refractivity contribution in [3.05, 3.63) is 71.8 Å². The Morgan fingerprint density at radius 2 is 1.46 bits per heavy atom. The third-order valence-electron chi connectivity index (χ3n) is 6.83. The van der Waals surface area contributed by atoms with Crippen molar-refractivity contribution in [3.8, 4) is 0 Å². The lowest BCUT2D eigenvalue weighted by Gasteiger charge is -2.27. The summed E-state index contributed by atoms with van der Waals surface area (Å²) in [5.41, 5.74) is 2.38. The minimum absolute atomic E-state index is 0.110. The van der Waals surface area contributed by atoms with Crippen molar-refractivity contribution >= 4 is 5.91 Å². The summed E-state index contributed by atoms with van der Waals surface area (Å²) >= 11 is 0. The zero-order chi connectivity index (χ0) is 26.5. The van der Waals surface area contributed by atoms with Gasteiger partial charge in [-0.1, -0.05) is 38.1 Å². The zero-order valence-corrected chi connectivity index (χ0v) is 23.1. The van der Waals surface area contributed by atoms with E-state index in [0.717, 1.165) is 62.8 Å². The highest BCUT2D eigenvalue weighted by molar-refractivity contribution is 5.73. The lowest BCUT2D eigenvalue weighted by molar-refractivity contribution is -0.129. The highest BCUT2D eigenvalue weighted by atomic mass is 16.2. The Kier molecular flexibility index (Phi) is 11.8. The molecule has 0 fully saturated rings. The van der Waals surface area contributed by atoms with E-state index in [1.54, 1.807) is 19.3 Å². The van der Waals surface area contributed by atoms with Crippen molar-refractivity contribution in [1.29, 1.82) is 0 Å². The number of carbonyl (C=O) groups is 1. The number of amides is 1. The number of nitrogens with one attached hydrogen (secondary N) is 2. The van der Waals surface area contributed by atoms with Gasteiger partial charge in [0, 0.05) is 51.3 Å². The minimum atomic E-state index is 0.110. The van der Waals surface area contributed by atoms with Crippen LogP contribution in [0.1, 0.15) is 82.2 Å². The molecule has 0 aliphatic carbocycles. The van der Waals surface area contributed by atoms with E-state index < -0.39 is 0 Å². The van der Waals surface area contributed by atoms with Crippen molar-refractivity contribution < 1.29 is 4.79 Å². The van der Waals surface area contributed by atoms with Gasteiger partial charge in [0.05, 0.1) is 12.6 Å². The summed E-state index contributed by atoms with van der Waals surface area (Å²) in [7, 11) is 0. The number of aromatic nitrogens is 4. The monoisotopic (exact) mass is 507 g/mol. The molecule has 8 heteroatoms. The molecule has 0 radical (unpaired) electrons. The molecule has 37 heavy (non-hydrogen) atoms. The maximum absolute atomic E-state index is 12.3. The van der Waals surface area contributed by atoms with E-state index in [-0.39, 0.29) is 11.9 Å². The van der Waals surface area contributed by atoms with E-state index in [2.05, 4.69) is 74.8 Å². The van der Waals surface area contributed by atoms with E-state index in [4.69, 9.17) is 0 Å². The summed E-state index contributed by atoms with van der Waals surface area (Å²) in [6, 6.07) is 8.75. The SMILES string of the molecule is CCCN(CCC)CCCCN(Cc1ccc(CN(Cc2ncc[nH]2)C(C)c2ncc[nH]2)cc1)C(C)=O. The van der Waals surface area contributed by atoms with Gasteiger partial charge in [-0.2, -0.15) is 0 Å². The topological polar surface area (TPSA) is 84.2 Å². The molecule has 1 aromatic carbocycles. The predicted octanol–water partition coefficient (Wildman–Crippen LogP) is 5.15. The quantitative estimate of drug-likeness (QED) is 0.247. The summed E-state index contributed by atoms with van der Waals surface area (Å²) in [6.45, 7) is 14.7. The zero-order valence-electron chi connectivity index (χ0n) is 23.1. The lowest BCUT2D eigenvalue weighted by Crippen LogP contribution is -2.31. The molecule has 0 bridgehead atoms. The maximum Gasteiger partial charge on any atom is 0.219 e. The van der Waals surface area contributed by atoms with Gasteiger partial charge < -0.3 is 19.8 Å². The van der Waals surface area contributed by atoms with E-state index >= 15 is 0 Å². The Labute approximate surface area is 222 Å². The molecular weight excluding hydrogens is 462 g/mol. The Hall–Kier alpha value is -2.97. The first-order valence-electron chi connectivity index (χ1n) is 13.8. The molecule has 8 nitrogen and oxygen atoms in total. The van der Waals surface area contributed by atoms with Crippen LogP contribution in [-0.2, 0) is 24.4 Å². The van der Waals surface area contributed by atoms with Crippen molar-refractivity contribution in [2.45, 2.75) is 79.1 Å². The summed E-state index contributed by atoms with van der Waals surface area (Å²) in [4.78, 5) is 34.5. The molecule has 2 heterocycles. The molecule has 1 amide bonds. The van der Waals surface area contributed by atoms with Gasteiger partial charge in [0.25, 0.3) is 0 Å². The highest BCUT2D eigenvalue weighted by Gasteiger charge is 2.20. The van der Waals surface area contributed by atoms with Gasteiger partial charge in [0.1, 0.15) is 11.6 Å². The van der Waals surface area contributed by atoms with Crippen LogP contribution in [-0.4, -0.2) is 66.7 Å². The minimum Gasteiger partial charge on any atom is -0.348 e. The number of unbranched alkanes of at least 4 members (excludes halogenated alkanes) is 1. The summed E-state index contributed by atoms with van der Waals surface area (Å²) < 4.78 is 0. The van der Waals surface area contributed by atoms with Crippen LogP contribution in [0.3, 0.4) is 0 Å². The number of hydrogen-bond acceptors (Lipinski definition) is 5. The molecule has 2 aromatic heterocycles. The van der Waals surface area contributed by atoms with Crippen LogP contribution in [0.4, 0.5) is 0 Å². The van der Waals surface area contributed by atoms with Crippen LogP contribution in [0.25, 0.3) is 0 Å². The molecule has 202 valence electrons. The van der Waals surface area contributed by atoms with E-state index in [9.17, 15) is 4.79 Å². The number of carbonyl (C=O) groups excluding carboxylic acids is 1. The second-order valence-corrected chi connectivity index (χ2v) is 9.90. The normalized spacial score (nSPS) is 12.4. The number of rotatable bonds is 17. The third-order valence-corrected chi connectivity index (χ3v) is 6.83. The summed E-state index contributed by atoms with van der Waals surface area (Å²) in [5, 5.41) is 0. The van der Waals surface area contributed by atoms with Gasteiger partial charge in [0.15, 0.2) is 0 Å². The second kappa shape index (κ2) is 15.3. The number of aromatic amines is 2. The number of imidazole rings is 2. The Balaban J connectivity index is 1.55. The number of H-pyrrole nitrogens is 2. The Bertz CT molecular complexity index is 996. The molecular formula is C29H45N7O. The molecule has 1 atom stereocenters. The predicted molar refractivity (Wildman–Crippen MR) is 149 cm³/mol. The van der Waals surface area contributed by atoms with E-state index in [1.807, 2.05) is 17.3 Å².